The highest BCUT2D eigenvalue weighted by Gasteiger charge is 2.32. The van der Waals surface area contributed by atoms with Gasteiger partial charge in [-0.2, -0.15) is 0 Å². The van der Waals surface area contributed by atoms with Crippen LogP contribution in [0.1, 0.15) is 44.9 Å². The van der Waals surface area contributed by atoms with Crippen LogP contribution in [0.3, 0.4) is 0 Å². The fraction of sp³-hybridized carbons (Fsp3) is 0.733. The summed E-state index contributed by atoms with van der Waals surface area (Å²) >= 11 is 1.48. The zero-order valence-electron chi connectivity index (χ0n) is 12.4. The van der Waals surface area contributed by atoms with Crippen molar-refractivity contribution in [2.75, 3.05) is 18.4 Å². The maximum Gasteiger partial charge on any atom is 0.324 e. The first-order chi connectivity index (χ1) is 10.3. The second kappa shape index (κ2) is 7.22. The molecule has 2 fully saturated rings. The zero-order valence-corrected chi connectivity index (χ0v) is 13.2. The van der Waals surface area contributed by atoms with Crippen LogP contribution in [0.4, 0.5) is 9.93 Å². The van der Waals surface area contributed by atoms with Crippen molar-refractivity contribution < 1.29 is 4.79 Å². The lowest BCUT2D eigenvalue weighted by atomic mass is 9.92. The first kappa shape index (κ1) is 14.8. The minimum Gasteiger partial charge on any atom is -0.318 e. The van der Waals surface area contributed by atoms with Crippen LogP contribution in [-0.2, 0) is 0 Å². The van der Waals surface area contributed by atoms with Crippen LogP contribution in [0.15, 0.2) is 11.6 Å². The third-order valence-corrected chi connectivity index (χ3v) is 5.24. The van der Waals surface area contributed by atoms with E-state index in [1.54, 1.807) is 6.20 Å². The lowest BCUT2D eigenvalue weighted by Gasteiger charge is -2.41. The summed E-state index contributed by atoms with van der Waals surface area (Å²) in [5, 5.41) is 8.98. The Morgan fingerprint density at radius 3 is 2.57 bits per heavy atom. The van der Waals surface area contributed by atoms with Gasteiger partial charge in [0, 0.05) is 23.7 Å². The number of carbonyl (C=O) groups is 1. The first-order valence-electron chi connectivity index (χ1n) is 8.04. The Kier molecular flexibility index (Phi) is 5.08. The smallest absolute Gasteiger partial charge is 0.318 e. The van der Waals surface area contributed by atoms with Crippen molar-refractivity contribution in [1.29, 1.82) is 0 Å². The number of rotatable bonds is 3. The second-order valence-corrected chi connectivity index (χ2v) is 6.84. The minimum atomic E-state index is 0.0451. The molecule has 0 radical (unpaired) electrons. The molecule has 3 rings (SSSR count). The predicted octanol–water partition coefficient (Wildman–Crippen LogP) is 3.06. The molecule has 116 valence electrons. The second-order valence-electron chi connectivity index (χ2n) is 5.95. The number of aromatic nitrogens is 1. The maximum absolute atomic E-state index is 12.8. The molecule has 0 atom stereocenters. The highest BCUT2D eigenvalue weighted by atomic mass is 32.1. The summed E-state index contributed by atoms with van der Waals surface area (Å²) in [4.78, 5) is 19.1. The SMILES string of the molecule is O=C(Nc1nccs1)N(C1CCCCC1)C1CCNCC1. The molecule has 1 aliphatic heterocycles. The van der Waals surface area contributed by atoms with E-state index in [4.69, 9.17) is 0 Å². The number of thiazole rings is 1. The van der Waals surface area contributed by atoms with Gasteiger partial charge in [-0.25, -0.2) is 9.78 Å². The van der Waals surface area contributed by atoms with Crippen LogP contribution >= 0.6 is 11.3 Å². The van der Waals surface area contributed by atoms with Crippen LogP contribution in [0.25, 0.3) is 0 Å². The number of nitrogens with one attached hydrogen (secondary N) is 2. The van der Waals surface area contributed by atoms with Crippen molar-refractivity contribution in [3.05, 3.63) is 11.6 Å². The van der Waals surface area contributed by atoms with Crippen LogP contribution in [-0.4, -0.2) is 41.1 Å². The molecule has 0 bridgehead atoms. The van der Waals surface area contributed by atoms with Crippen LogP contribution < -0.4 is 10.6 Å². The predicted molar refractivity (Wildman–Crippen MR) is 85.7 cm³/mol. The molecule has 1 aromatic heterocycles. The van der Waals surface area contributed by atoms with E-state index in [1.807, 2.05) is 5.38 Å². The number of urea groups is 1. The van der Waals surface area contributed by atoms with Gasteiger partial charge in [-0.05, 0) is 38.8 Å². The Morgan fingerprint density at radius 2 is 1.90 bits per heavy atom. The van der Waals surface area contributed by atoms with E-state index in [1.165, 1.54) is 30.6 Å². The standard InChI is InChI=1S/C15H24N4OS/c20-15(18-14-17-10-11-21-14)19(12-4-2-1-3-5-12)13-6-8-16-9-7-13/h10-13,16H,1-9H2,(H,17,18,20). The molecule has 0 unspecified atom stereocenters. The van der Waals surface area contributed by atoms with Crippen molar-refractivity contribution in [3.8, 4) is 0 Å². The van der Waals surface area contributed by atoms with Crippen molar-refractivity contribution >= 4 is 22.5 Å². The molecular formula is C15H24N4OS. The average Bonchev–Trinajstić information content (AvgIpc) is 3.02. The third kappa shape index (κ3) is 3.74. The van der Waals surface area contributed by atoms with E-state index in [9.17, 15) is 4.79 Å². The lowest BCUT2D eigenvalue weighted by Crippen LogP contribution is -2.53. The molecule has 1 saturated heterocycles. The Bertz CT molecular complexity index is 421. The van der Waals surface area contributed by atoms with Gasteiger partial charge >= 0.3 is 6.03 Å². The summed E-state index contributed by atoms with van der Waals surface area (Å²) in [6.07, 6.45) is 9.95. The van der Waals surface area contributed by atoms with E-state index >= 15 is 0 Å². The normalized spacial score (nSPS) is 21.1. The molecule has 0 spiro atoms. The van der Waals surface area contributed by atoms with Crippen molar-refractivity contribution in [2.24, 2.45) is 0 Å². The van der Waals surface area contributed by atoms with Gasteiger partial charge in [0.2, 0.25) is 0 Å². The van der Waals surface area contributed by atoms with Crippen LogP contribution in [0, 0.1) is 0 Å². The molecule has 0 aromatic carbocycles. The van der Waals surface area contributed by atoms with Crippen LogP contribution in [0.5, 0.6) is 0 Å². The highest BCUT2D eigenvalue weighted by Crippen LogP contribution is 2.27. The van der Waals surface area contributed by atoms with Gasteiger partial charge in [-0.1, -0.05) is 19.3 Å². The summed E-state index contributed by atoms with van der Waals surface area (Å²) < 4.78 is 0. The monoisotopic (exact) mass is 308 g/mol. The van der Waals surface area contributed by atoms with Crippen molar-refractivity contribution in [1.82, 2.24) is 15.2 Å². The van der Waals surface area contributed by atoms with E-state index in [-0.39, 0.29) is 6.03 Å². The molecule has 2 aliphatic rings. The Morgan fingerprint density at radius 1 is 1.19 bits per heavy atom. The fourth-order valence-electron chi connectivity index (χ4n) is 3.52. The number of carbonyl (C=O) groups excluding carboxylic acids is 1. The Balaban J connectivity index is 1.71. The van der Waals surface area contributed by atoms with Gasteiger partial charge in [-0.15, -0.1) is 11.3 Å². The molecule has 1 aliphatic carbocycles. The molecule has 6 heteroatoms. The molecular weight excluding hydrogens is 284 g/mol. The van der Waals surface area contributed by atoms with E-state index in [0.717, 1.165) is 38.8 Å². The largest absolute Gasteiger partial charge is 0.324 e. The maximum atomic E-state index is 12.8. The molecule has 2 N–H and O–H groups in total. The number of amides is 2. The highest BCUT2D eigenvalue weighted by molar-refractivity contribution is 7.13. The minimum absolute atomic E-state index is 0.0451. The fourth-order valence-corrected chi connectivity index (χ4v) is 4.03. The number of piperidine rings is 1. The van der Waals surface area contributed by atoms with Gasteiger partial charge in [0.15, 0.2) is 5.13 Å². The van der Waals surface area contributed by atoms with Gasteiger partial charge in [0.05, 0.1) is 0 Å². The van der Waals surface area contributed by atoms with Gasteiger partial charge in [0.1, 0.15) is 0 Å². The number of anilines is 1. The van der Waals surface area contributed by atoms with E-state index < -0.39 is 0 Å². The van der Waals surface area contributed by atoms with Gasteiger partial charge in [-0.3, -0.25) is 5.32 Å². The van der Waals surface area contributed by atoms with Crippen molar-refractivity contribution in [3.63, 3.8) is 0 Å². The molecule has 1 saturated carbocycles. The number of nitrogens with zero attached hydrogens (tertiary/aromatic N) is 2. The Hall–Kier alpha value is -1.14. The molecule has 21 heavy (non-hydrogen) atoms. The quantitative estimate of drug-likeness (QED) is 0.902. The lowest BCUT2D eigenvalue weighted by molar-refractivity contribution is 0.117. The summed E-state index contributed by atoms with van der Waals surface area (Å²) in [5.41, 5.74) is 0. The summed E-state index contributed by atoms with van der Waals surface area (Å²) in [5.74, 6) is 0. The molecule has 5 nitrogen and oxygen atoms in total. The van der Waals surface area contributed by atoms with Gasteiger partial charge in [0.25, 0.3) is 0 Å². The third-order valence-electron chi connectivity index (χ3n) is 4.55. The molecule has 1 aromatic rings. The number of hydrogen-bond acceptors (Lipinski definition) is 4. The molecule has 2 amide bonds. The summed E-state index contributed by atoms with van der Waals surface area (Å²) in [6.45, 7) is 2.02. The summed E-state index contributed by atoms with van der Waals surface area (Å²) in [6, 6.07) is 0.819. The van der Waals surface area contributed by atoms with Crippen molar-refractivity contribution in [2.45, 2.75) is 57.0 Å². The van der Waals surface area contributed by atoms with E-state index in [2.05, 4.69) is 20.5 Å². The zero-order chi connectivity index (χ0) is 14.5. The number of hydrogen-bond donors (Lipinski definition) is 2. The Labute approximate surface area is 130 Å². The average molecular weight is 308 g/mol. The molecule has 2 heterocycles. The van der Waals surface area contributed by atoms with Gasteiger partial charge < -0.3 is 10.2 Å². The van der Waals surface area contributed by atoms with E-state index in [0.29, 0.717) is 17.2 Å². The summed E-state index contributed by atoms with van der Waals surface area (Å²) in [7, 11) is 0. The first-order valence-corrected chi connectivity index (χ1v) is 8.92. The topological polar surface area (TPSA) is 57.3 Å². The van der Waals surface area contributed by atoms with Crippen LogP contribution in [0.2, 0.25) is 0 Å².